The maximum Gasteiger partial charge on any atom is 0.547 e. The Morgan fingerprint density at radius 3 is 2.48 bits per heavy atom. The fraction of sp³-hybridized carbons (Fsp3) is 0.292. The number of fused-ring (bicyclic) bond motifs is 1. The van der Waals surface area contributed by atoms with Crippen molar-refractivity contribution in [1.82, 2.24) is 20.4 Å². The van der Waals surface area contributed by atoms with Crippen LogP contribution in [0.3, 0.4) is 0 Å². The topological polar surface area (TPSA) is 243 Å². The van der Waals surface area contributed by atoms with Gasteiger partial charge in [-0.15, -0.1) is 0 Å². The molecule has 0 aromatic heterocycles. The number of rotatable bonds is 7. The first-order valence-corrected chi connectivity index (χ1v) is 14.1. The Balaban J connectivity index is 1.62. The number of nitrogens with zero attached hydrogens (tertiary/aromatic N) is 2. The fourth-order valence-corrected chi connectivity index (χ4v) is 5.25. The van der Waals surface area contributed by atoms with Gasteiger partial charge in [0.15, 0.2) is 0 Å². The van der Waals surface area contributed by atoms with Crippen LogP contribution >= 0.6 is 7.60 Å². The number of phenols is 1. The molecule has 4 rings (SSSR count). The Labute approximate surface area is 238 Å². The monoisotopic (exact) mass is 604 g/mol. The van der Waals surface area contributed by atoms with Crippen molar-refractivity contribution in [2.75, 3.05) is 19.6 Å². The first kappa shape index (κ1) is 30.5. The lowest BCUT2D eigenvalue weighted by Gasteiger charge is -2.33. The summed E-state index contributed by atoms with van der Waals surface area (Å²) < 4.78 is 17.0. The average molecular weight is 604 g/mol. The molecule has 0 bridgehead atoms. The molecule has 0 aliphatic carbocycles. The molecule has 0 saturated carbocycles. The van der Waals surface area contributed by atoms with Crippen LogP contribution in [0.25, 0.3) is 0 Å². The number of carboxylic acids is 1. The van der Waals surface area contributed by atoms with Gasteiger partial charge in [-0.25, -0.2) is 9.59 Å². The number of amides is 5. The number of carboxylic acid groups (broad SMARTS) is 1. The van der Waals surface area contributed by atoms with E-state index in [-0.39, 0.29) is 42.9 Å². The molecular formula is C24H26BN4O12P. The Bertz CT molecular complexity index is 1510. The molecule has 2 heterocycles. The molecule has 1 unspecified atom stereocenters. The zero-order valence-electron chi connectivity index (χ0n) is 22.0. The molecule has 1 saturated heterocycles. The smallest absolute Gasteiger partial charge is 0.534 e. The number of benzene rings is 2. The minimum atomic E-state index is -4.91. The van der Waals surface area contributed by atoms with Crippen LogP contribution in [0.4, 0.5) is 4.79 Å². The van der Waals surface area contributed by atoms with Crippen LogP contribution in [0.15, 0.2) is 36.4 Å². The quantitative estimate of drug-likeness (QED) is 0.108. The molecule has 16 nitrogen and oxygen atoms in total. The molecule has 2 aromatic carbocycles. The van der Waals surface area contributed by atoms with E-state index in [0.717, 1.165) is 18.2 Å². The van der Waals surface area contributed by atoms with Crippen LogP contribution in [0.1, 0.15) is 34.5 Å². The summed E-state index contributed by atoms with van der Waals surface area (Å²) in [6.07, 6.45) is -0.0849. The Morgan fingerprint density at radius 1 is 1.14 bits per heavy atom. The molecule has 2 atom stereocenters. The highest BCUT2D eigenvalue weighted by Crippen LogP contribution is 2.38. The maximum absolute atomic E-state index is 13.5. The predicted octanol–water partition coefficient (Wildman–Crippen LogP) is -1.53. The summed E-state index contributed by atoms with van der Waals surface area (Å²) in [5.74, 6) is -6.48. The van der Waals surface area contributed by atoms with Gasteiger partial charge in [-0.05, 0) is 42.7 Å². The summed E-state index contributed by atoms with van der Waals surface area (Å²) in [6.45, 7) is 1.75. The minimum Gasteiger partial charge on any atom is -0.534 e. The van der Waals surface area contributed by atoms with E-state index in [0.29, 0.717) is 10.5 Å². The van der Waals surface area contributed by atoms with Gasteiger partial charge in [0.1, 0.15) is 22.8 Å². The molecule has 0 spiro atoms. The lowest BCUT2D eigenvalue weighted by atomic mass is 9.72. The van der Waals surface area contributed by atoms with Crippen molar-refractivity contribution in [3.05, 3.63) is 53.1 Å². The number of hydrogen-bond donors (Lipinski definition) is 7. The molecule has 18 heteroatoms. The Hall–Kier alpha value is -4.44. The van der Waals surface area contributed by atoms with Crippen LogP contribution in [0, 0.1) is 0 Å². The number of aromatic carboxylic acids is 1. The van der Waals surface area contributed by atoms with E-state index < -0.39 is 67.5 Å². The van der Waals surface area contributed by atoms with Crippen molar-refractivity contribution < 1.29 is 58.2 Å². The number of urea groups is 1. The minimum absolute atomic E-state index is 0.0481. The number of piperazine rings is 1. The van der Waals surface area contributed by atoms with Crippen LogP contribution in [0.5, 0.6) is 11.5 Å². The molecule has 222 valence electrons. The zero-order chi connectivity index (χ0) is 30.9. The van der Waals surface area contributed by atoms with Gasteiger partial charge in [-0.2, -0.15) is 0 Å². The van der Waals surface area contributed by atoms with E-state index in [4.69, 9.17) is 4.65 Å². The third-order valence-electron chi connectivity index (χ3n) is 6.79. The predicted molar refractivity (Wildman–Crippen MR) is 143 cm³/mol. The number of phenolic OH excluding ortho intramolecular Hbond substituents is 1. The van der Waals surface area contributed by atoms with Gasteiger partial charge >= 0.3 is 38.5 Å². The third-order valence-corrected chi connectivity index (χ3v) is 7.80. The number of likely N-dealkylation sites (N-methyl/N-ethyl adjacent to an activating group) is 1. The zero-order valence-corrected chi connectivity index (χ0v) is 22.9. The van der Waals surface area contributed by atoms with Gasteiger partial charge in [0.25, 0.3) is 0 Å². The second-order valence-electron chi connectivity index (χ2n) is 9.44. The van der Waals surface area contributed by atoms with Crippen molar-refractivity contribution in [1.29, 1.82) is 0 Å². The molecule has 0 radical (unpaired) electrons. The number of aromatic hydroxyl groups is 1. The molecule has 2 aromatic rings. The Kier molecular flexibility index (Phi) is 8.59. The van der Waals surface area contributed by atoms with Gasteiger partial charge < -0.3 is 45.2 Å². The SMILES string of the molecule is CCN1CCN(C(=O)NC(C(=O)N[C@H]2Cc3cccc(C(=O)O)c3OB2O)c2ccc(P(=O)(O)O)c(O)c2)C(=O)C1=O. The van der Waals surface area contributed by atoms with Crippen LogP contribution < -0.4 is 20.6 Å². The number of hydrogen-bond acceptors (Lipinski definition) is 9. The highest BCUT2D eigenvalue weighted by Gasteiger charge is 2.41. The van der Waals surface area contributed by atoms with Crippen molar-refractivity contribution in [2.45, 2.75) is 25.3 Å². The van der Waals surface area contributed by atoms with E-state index in [1.165, 1.54) is 23.1 Å². The van der Waals surface area contributed by atoms with E-state index in [1.54, 1.807) is 6.92 Å². The molecule has 42 heavy (non-hydrogen) atoms. The lowest BCUT2D eigenvalue weighted by molar-refractivity contribution is -0.153. The highest BCUT2D eigenvalue weighted by molar-refractivity contribution is 7.60. The molecule has 5 amide bonds. The average Bonchev–Trinajstić information content (AvgIpc) is 2.92. The molecule has 2 aliphatic heterocycles. The fourth-order valence-electron chi connectivity index (χ4n) is 4.62. The van der Waals surface area contributed by atoms with Crippen LogP contribution in [-0.2, 0) is 25.4 Å². The van der Waals surface area contributed by atoms with E-state index >= 15 is 0 Å². The van der Waals surface area contributed by atoms with Crippen molar-refractivity contribution in [3.63, 3.8) is 0 Å². The molecule has 2 aliphatic rings. The normalized spacial score (nSPS) is 17.7. The molecule has 7 N–H and O–H groups in total. The number of carbonyl (C=O) groups is 5. The van der Waals surface area contributed by atoms with E-state index in [2.05, 4.69) is 10.6 Å². The van der Waals surface area contributed by atoms with Crippen molar-refractivity contribution in [3.8, 4) is 11.5 Å². The molecule has 1 fully saturated rings. The van der Waals surface area contributed by atoms with Gasteiger partial charge in [0.05, 0.1) is 11.5 Å². The summed E-state index contributed by atoms with van der Waals surface area (Å²) in [5, 5.41) is 34.2. The summed E-state index contributed by atoms with van der Waals surface area (Å²) in [5.41, 5.74) is -0.0154. The second kappa shape index (κ2) is 11.8. The van der Waals surface area contributed by atoms with Crippen molar-refractivity contribution >= 4 is 49.7 Å². The summed E-state index contributed by atoms with van der Waals surface area (Å²) >= 11 is 0. The van der Waals surface area contributed by atoms with Gasteiger partial charge in [0, 0.05) is 19.6 Å². The highest BCUT2D eigenvalue weighted by atomic mass is 31.2. The van der Waals surface area contributed by atoms with Gasteiger partial charge in [-0.1, -0.05) is 18.2 Å². The summed E-state index contributed by atoms with van der Waals surface area (Å²) in [7, 11) is -6.62. The van der Waals surface area contributed by atoms with Gasteiger partial charge in [-0.3, -0.25) is 23.8 Å². The number of nitrogens with one attached hydrogen (secondary N) is 2. The second-order valence-corrected chi connectivity index (χ2v) is 11.0. The third kappa shape index (κ3) is 6.08. The Morgan fingerprint density at radius 2 is 1.86 bits per heavy atom. The van der Waals surface area contributed by atoms with Gasteiger partial charge in [0.2, 0.25) is 5.91 Å². The largest absolute Gasteiger partial charge is 0.547 e. The van der Waals surface area contributed by atoms with Crippen LogP contribution in [0.2, 0.25) is 0 Å². The van der Waals surface area contributed by atoms with Crippen LogP contribution in [-0.4, -0.2) is 97.2 Å². The first-order valence-electron chi connectivity index (χ1n) is 12.5. The van der Waals surface area contributed by atoms with E-state index in [9.17, 15) is 53.6 Å². The summed E-state index contributed by atoms with van der Waals surface area (Å²) in [4.78, 5) is 83.7. The standard InChI is InChI=1S/C24H26BN4O12P/c1-2-28-8-9-29(22(33)21(28)32)24(36)27-18(12-6-7-16(15(30)10-12)42(38,39)40)20(31)26-17-11-13-4-3-5-14(23(34)35)19(13)41-25(17)37/h3-7,10,17-18,30,37H,2,8-9,11H2,1H3,(H,26,31)(H,27,36)(H,34,35)(H2,38,39,40)/t17-,18?/m0/s1. The van der Waals surface area contributed by atoms with E-state index in [1.807, 2.05) is 0 Å². The number of carbonyl (C=O) groups excluding carboxylic acids is 4. The lowest BCUT2D eigenvalue weighted by Crippen LogP contribution is -2.60. The van der Waals surface area contributed by atoms with Crippen molar-refractivity contribution in [2.24, 2.45) is 0 Å². The summed E-state index contributed by atoms with van der Waals surface area (Å²) in [6, 6.07) is 4.16. The molecular weight excluding hydrogens is 578 g/mol. The maximum atomic E-state index is 13.5. The number of imide groups is 1. The first-order chi connectivity index (χ1) is 19.7. The number of para-hydroxylation sites is 1.